The first-order valence-corrected chi connectivity index (χ1v) is 8.25. The Morgan fingerprint density at radius 2 is 1.86 bits per heavy atom. The topological polar surface area (TPSA) is 66.9 Å². The number of halogens is 1. The molecule has 0 bridgehead atoms. The highest BCUT2D eigenvalue weighted by atomic mass is 32.2. The van der Waals surface area contributed by atoms with Crippen molar-refractivity contribution in [3.05, 3.63) is 29.6 Å². The van der Waals surface area contributed by atoms with E-state index < -0.39 is 15.8 Å². The Morgan fingerprint density at radius 3 is 2.38 bits per heavy atom. The smallest absolute Gasteiger partial charge is 0.257 e. The summed E-state index contributed by atoms with van der Waals surface area (Å²) in [4.78, 5) is 13.9. The van der Waals surface area contributed by atoms with Gasteiger partial charge in [-0.15, -0.1) is 0 Å². The Hall–Kier alpha value is -1.67. The largest absolute Gasteiger partial charge is 0.496 e. The van der Waals surface area contributed by atoms with E-state index in [2.05, 4.69) is 0 Å². The third-order valence-corrected chi connectivity index (χ3v) is 4.69. The summed E-state index contributed by atoms with van der Waals surface area (Å²) < 4.78 is 42.6. The number of carbonyl (C=O) groups excluding carboxylic acids is 1. The number of benzene rings is 1. The van der Waals surface area contributed by atoms with E-state index in [0.717, 1.165) is 12.3 Å². The van der Waals surface area contributed by atoms with Crippen molar-refractivity contribution in [2.75, 3.05) is 39.5 Å². The van der Waals surface area contributed by atoms with Crippen LogP contribution in [0, 0.1) is 5.82 Å². The van der Waals surface area contributed by atoms with E-state index in [4.69, 9.17) is 4.74 Å². The maximum absolute atomic E-state index is 13.3. The highest BCUT2D eigenvalue weighted by Crippen LogP contribution is 2.22. The van der Waals surface area contributed by atoms with Gasteiger partial charge in [0.1, 0.15) is 11.6 Å². The van der Waals surface area contributed by atoms with Crippen LogP contribution in [0.25, 0.3) is 0 Å². The van der Waals surface area contributed by atoms with Crippen LogP contribution in [-0.2, 0) is 10.0 Å². The molecule has 1 fully saturated rings. The van der Waals surface area contributed by atoms with Gasteiger partial charge in [-0.1, -0.05) is 0 Å². The number of ether oxygens (including phenoxy) is 1. The van der Waals surface area contributed by atoms with E-state index in [1.165, 1.54) is 28.4 Å². The molecule has 116 valence electrons. The molecular weight excluding hydrogens is 299 g/mol. The summed E-state index contributed by atoms with van der Waals surface area (Å²) in [5.74, 6) is -0.583. The molecule has 0 radical (unpaired) electrons. The molecule has 1 aromatic rings. The zero-order valence-corrected chi connectivity index (χ0v) is 12.7. The molecule has 1 aromatic carbocycles. The molecule has 21 heavy (non-hydrogen) atoms. The molecule has 1 amide bonds. The predicted octanol–water partition coefficient (Wildman–Crippen LogP) is 0.552. The summed E-state index contributed by atoms with van der Waals surface area (Å²) in [6.45, 7) is 1.02. The molecule has 2 rings (SSSR count). The summed E-state index contributed by atoms with van der Waals surface area (Å²) in [7, 11) is -1.84. The van der Waals surface area contributed by atoms with E-state index in [-0.39, 0.29) is 37.6 Å². The first-order valence-electron chi connectivity index (χ1n) is 6.41. The number of piperazine rings is 1. The lowest BCUT2D eigenvalue weighted by Crippen LogP contribution is -2.50. The van der Waals surface area contributed by atoms with E-state index in [1.807, 2.05) is 0 Å². The van der Waals surface area contributed by atoms with Crippen LogP contribution in [0.4, 0.5) is 4.39 Å². The molecule has 0 N–H and O–H groups in total. The van der Waals surface area contributed by atoms with E-state index in [9.17, 15) is 17.6 Å². The van der Waals surface area contributed by atoms with Gasteiger partial charge in [-0.2, -0.15) is 4.31 Å². The van der Waals surface area contributed by atoms with E-state index in [0.29, 0.717) is 5.75 Å². The van der Waals surface area contributed by atoms with Crippen molar-refractivity contribution in [3.8, 4) is 5.75 Å². The summed E-state index contributed by atoms with van der Waals surface area (Å²) in [5.41, 5.74) is 0.144. The van der Waals surface area contributed by atoms with Crippen LogP contribution in [0.15, 0.2) is 18.2 Å². The van der Waals surface area contributed by atoms with Crippen molar-refractivity contribution < 1.29 is 22.3 Å². The number of hydrogen-bond acceptors (Lipinski definition) is 4. The molecule has 0 atom stereocenters. The Kier molecular flexibility index (Phi) is 4.48. The van der Waals surface area contributed by atoms with E-state index >= 15 is 0 Å². The molecule has 1 aliphatic rings. The van der Waals surface area contributed by atoms with Gasteiger partial charge in [0.05, 0.1) is 18.9 Å². The molecule has 1 heterocycles. The summed E-state index contributed by atoms with van der Waals surface area (Å²) in [6.07, 6.45) is 1.14. The van der Waals surface area contributed by atoms with Gasteiger partial charge in [0.25, 0.3) is 5.91 Å². The van der Waals surface area contributed by atoms with Crippen LogP contribution >= 0.6 is 0 Å². The van der Waals surface area contributed by atoms with Crippen LogP contribution in [0.1, 0.15) is 10.4 Å². The fourth-order valence-corrected chi connectivity index (χ4v) is 3.07. The molecule has 0 aliphatic carbocycles. The van der Waals surface area contributed by atoms with Crippen LogP contribution in [0.2, 0.25) is 0 Å². The van der Waals surface area contributed by atoms with Crippen LogP contribution in [0.5, 0.6) is 5.75 Å². The number of rotatable bonds is 3. The molecule has 0 saturated carbocycles. The van der Waals surface area contributed by atoms with Crippen molar-refractivity contribution >= 4 is 15.9 Å². The number of methoxy groups -OCH3 is 1. The maximum atomic E-state index is 13.3. The zero-order valence-electron chi connectivity index (χ0n) is 11.9. The van der Waals surface area contributed by atoms with E-state index in [1.54, 1.807) is 0 Å². The number of sulfonamides is 1. The Labute approximate surface area is 123 Å². The highest BCUT2D eigenvalue weighted by molar-refractivity contribution is 7.88. The summed E-state index contributed by atoms with van der Waals surface area (Å²) >= 11 is 0. The second kappa shape index (κ2) is 5.98. The van der Waals surface area contributed by atoms with Gasteiger partial charge in [-0.3, -0.25) is 4.79 Å². The first kappa shape index (κ1) is 15.7. The molecule has 6 nitrogen and oxygen atoms in total. The SMILES string of the molecule is COc1ccc(F)cc1C(=O)N1CCN(S(C)(=O)=O)CC1. The molecule has 0 aromatic heterocycles. The third-order valence-electron chi connectivity index (χ3n) is 3.39. The standard InChI is InChI=1S/C13H17FN2O4S/c1-20-12-4-3-10(14)9-11(12)13(17)15-5-7-16(8-6-15)21(2,18)19/h3-4,9H,5-8H2,1-2H3. The lowest BCUT2D eigenvalue weighted by atomic mass is 10.1. The second-order valence-corrected chi connectivity index (χ2v) is 6.78. The predicted molar refractivity (Wildman–Crippen MR) is 75.3 cm³/mol. The first-order chi connectivity index (χ1) is 9.82. The van der Waals surface area contributed by atoms with Crippen molar-refractivity contribution in [1.82, 2.24) is 9.21 Å². The van der Waals surface area contributed by atoms with Crippen LogP contribution in [-0.4, -0.2) is 63.1 Å². The van der Waals surface area contributed by atoms with Gasteiger partial charge in [0.2, 0.25) is 10.0 Å². The fraction of sp³-hybridized carbons (Fsp3) is 0.462. The minimum absolute atomic E-state index is 0.144. The molecule has 0 unspecified atom stereocenters. The Balaban J connectivity index is 2.14. The normalized spacial score (nSPS) is 16.8. The lowest BCUT2D eigenvalue weighted by molar-refractivity contribution is 0.0694. The fourth-order valence-electron chi connectivity index (χ4n) is 2.24. The van der Waals surface area contributed by atoms with Crippen molar-refractivity contribution in [3.63, 3.8) is 0 Å². The minimum atomic E-state index is -3.25. The maximum Gasteiger partial charge on any atom is 0.257 e. The third kappa shape index (κ3) is 3.51. The van der Waals surface area contributed by atoms with Crippen molar-refractivity contribution in [2.45, 2.75) is 0 Å². The number of amides is 1. The number of nitrogens with zero attached hydrogens (tertiary/aromatic N) is 2. The van der Waals surface area contributed by atoms with Crippen molar-refractivity contribution in [1.29, 1.82) is 0 Å². The molecule has 1 aliphatic heterocycles. The van der Waals surface area contributed by atoms with Gasteiger partial charge in [-0.05, 0) is 18.2 Å². The van der Waals surface area contributed by atoms with Crippen molar-refractivity contribution in [2.24, 2.45) is 0 Å². The summed E-state index contributed by atoms with van der Waals surface area (Å²) in [6, 6.07) is 3.75. The zero-order chi connectivity index (χ0) is 15.6. The average Bonchev–Trinajstić information content (AvgIpc) is 2.45. The highest BCUT2D eigenvalue weighted by Gasteiger charge is 2.28. The van der Waals surface area contributed by atoms with Crippen LogP contribution < -0.4 is 4.74 Å². The lowest BCUT2D eigenvalue weighted by Gasteiger charge is -2.33. The van der Waals surface area contributed by atoms with Crippen LogP contribution in [0.3, 0.4) is 0 Å². The van der Waals surface area contributed by atoms with Gasteiger partial charge >= 0.3 is 0 Å². The van der Waals surface area contributed by atoms with Gasteiger partial charge in [0.15, 0.2) is 0 Å². The number of carbonyl (C=O) groups is 1. The second-order valence-electron chi connectivity index (χ2n) is 4.80. The number of hydrogen-bond donors (Lipinski definition) is 0. The van der Waals surface area contributed by atoms with Gasteiger partial charge in [-0.25, -0.2) is 12.8 Å². The Morgan fingerprint density at radius 1 is 1.24 bits per heavy atom. The minimum Gasteiger partial charge on any atom is -0.496 e. The molecule has 0 spiro atoms. The molecule has 1 saturated heterocycles. The summed E-state index contributed by atoms with van der Waals surface area (Å²) in [5, 5.41) is 0. The van der Waals surface area contributed by atoms with Gasteiger partial charge in [0, 0.05) is 26.2 Å². The average molecular weight is 316 g/mol. The monoisotopic (exact) mass is 316 g/mol. The Bertz CT molecular complexity index is 640. The molecular formula is C13H17FN2O4S. The van der Waals surface area contributed by atoms with Gasteiger partial charge < -0.3 is 9.64 Å². The molecule has 8 heteroatoms. The quantitative estimate of drug-likeness (QED) is 0.817.